The van der Waals surface area contributed by atoms with Crippen molar-refractivity contribution in [1.29, 1.82) is 0 Å². The van der Waals surface area contributed by atoms with Gasteiger partial charge in [0, 0.05) is 13.0 Å². The maximum absolute atomic E-state index is 11.3. The molecule has 14 heavy (non-hydrogen) atoms. The fraction of sp³-hybridized carbons (Fsp3) is 0.700. The summed E-state index contributed by atoms with van der Waals surface area (Å²) in [6.45, 7) is 2.37. The molecule has 0 aromatic rings. The number of hydrogen-bond acceptors (Lipinski definition) is 3. The van der Waals surface area contributed by atoms with Crippen molar-refractivity contribution in [3.05, 3.63) is 0 Å². The van der Waals surface area contributed by atoms with Crippen LogP contribution in [0.15, 0.2) is 0 Å². The Morgan fingerprint density at radius 3 is 2.93 bits per heavy atom. The summed E-state index contributed by atoms with van der Waals surface area (Å²) in [6.07, 6.45) is 3.42. The molecule has 0 saturated heterocycles. The summed E-state index contributed by atoms with van der Waals surface area (Å²) in [6, 6.07) is -0.378. The molecule has 0 radical (unpaired) electrons. The lowest BCUT2D eigenvalue weighted by atomic mass is 10.2. The van der Waals surface area contributed by atoms with Crippen molar-refractivity contribution in [2.75, 3.05) is 18.6 Å². The van der Waals surface area contributed by atoms with E-state index in [1.54, 1.807) is 18.7 Å². The van der Waals surface area contributed by atoms with Crippen LogP contribution >= 0.6 is 11.8 Å². The van der Waals surface area contributed by atoms with E-state index in [9.17, 15) is 4.79 Å². The Morgan fingerprint density at radius 2 is 2.36 bits per heavy atom. The summed E-state index contributed by atoms with van der Waals surface area (Å²) in [7, 11) is 0. The van der Waals surface area contributed by atoms with Gasteiger partial charge in [-0.15, -0.1) is 11.8 Å². The topological polar surface area (TPSA) is 55.1 Å². The van der Waals surface area contributed by atoms with E-state index < -0.39 is 0 Å². The van der Waals surface area contributed by atoms with Gasteiger partial charge >= 0.3 is 0 Å². The molecule has 80 valence electrons. The van der Waals surface area contributed by atoms with E-state index in [-0.39, 0.29) is 11.9 Å². The Hall–Kier alpha value is -0.660. The number of amides is 1. The molecule has 0 rings (SSSR count). The van der Waals surface area contributed by atoms with Crippen molar-refractivity contribution in [2.45, 2.75) is 25.8 Å². The van der Waals surface area contributed by atoms with Crippen molar-refractivity contribution in [1.82, 2.24) is 5.32 Å². The lowest BCUT2D eigenvalue weighted by molar-refractivity contribution is -0.122. The second kappa shape index (κ2) is 8.92. The number of rotatable bonds is 6. The molecule has 3 nitrogen and oxygen atoms in total. The third kappa shape index (κ3) is 6.81. The molecule has 0 spiro atoms. The average molecular weight is 214 g/mol. The monoisotopic (exact) mass is 214 g/mol. The molecule has 0 aromatic carbocycles. The third-order valence-corrected chi connectivity index (χ3v) is 2.34. The Balaban J connectivity index is 3.54. The number of nitrogens with two attached hydrogens (primary N) is 1. The number of carbonyl (C=O) groups excluding carboxylic acids is 1. The minimum absolute atomic E-state index is 0.0723. The van der Waals surface area contributed by atoms with Gasteiger partial charge in [-0.1, -0.05) is 0 Å². The van der Waals surface area contributed by atoms with Gasteiger partial charge in [0.05, 0.1) is 6.04 Å². The zero-order valence-corrected chi connectivity index (χ0v) is 9.62. The predicted octanol–water partition coefficient (Wildman–Crippen LogP) is 0.596. The van der Waals surface area contributed by atoms with Gasteiger partial charge in [0.25, 0.3) is 0 Å². The van der Waals surface area contributed by atoms with Crippen LogP contribution in [0.25, 0.3) is 0 Å². The van der Waals surface area contributed by atoms with Crippen LogP contribution in [-0.2, 0) is 4.79 Å². The van der Waals surface area contributed by atoms with Crippen LogP contribution in [0.1, 0.15) is 19.8 Å². The first kappa shape index (κ1) is 13.3. The van der Waals surface area contributed by atoms with E-state index in [2.05, 4.69) is 17.2 Å². The molecule has 0 aliphatic heterocycles. The zero-order valence-electron chi connectivity index (χ0n) is 8.80. The molecule has 0 bridgehead atoms. The Kier molecular flexibility index (Phi) is 8.50. The van der Waals surface area contributed by atoms with Gasteiger partial charge < -0.3 is 11.1 Å². The number of nitrogens with one attached hydrogen (secondary N) is 1. The highest BCUT2D eigenvalue weighted by atomic mass is 32.2. The van der Waals surface area contributed by atoms with Crippen molar-refractivity contribution in [3.63, 3.8) is 0 Å². The van der Waals surface area contributed by atoms with Crippen molar-refractivity contribution in [2.24, 2.45) is 5.73 Å². The Labute approximate surface area is 90.2 Å². The van der Waals surface area contributed by atoms with Gasteiger partial charge in [-0.25, -0.2) is 0 Å². The van der Waals surface area contributed by atoms with Gasteiger partial charge in [-0.3, -0.25) is 4.79 Å². The van der Waals surface area contributed by atoms with Crippen LogP contribution < -0.4 is 11.1 Å². The fourth-order valence-electron chi connectivity index (χ4n) is 0.880. The maximum atomic E-state index is 11.3. The van der Waals surface area contributed by atoms with Crippen LogP contribution in [0.2, 0.25) is 0 Å². The summed E-state index contributed by atoms with van der Waals surface area (Å²) in [5, 5.41) is 2.75. The third-order valence-electron chi connectivity index (χ3n) is 1.70. The molecule has 0 aliphatic carbocycles. The van der Waals surface area contributed by atoms with Gasteiger partial charge in [-0.2, -0.15) is 11.8 Å². The predicted molar refractivity (Wildman–Crippen MR) is 62.1 cm³/mol. The second-order valence-electron chi connectivity index (χ2n) is 2.86. The quantitative estimate of drug-likeness (QED) is 0.503. The first-order chi connectivity index (χ1) is 6.72. The van der Waals surface area contributed by atoms with E-state index in [1.807, 2.05) is 6.26 Å². The highest BCUT2D eigenvalue weighted by Crippen LogP contribution is 1.98. The number of thioether (sulfide) groups is 1. The van der Waals surface area contributed by atoms with Crippen LogP contribution in [0.5, 0.6) is 0 Å². The van der Waals surface area contributed by atoms with E-state index in [0.717, 1.165) is 12.2 Å². The van der Waals surface area contributed by atoms with Gasteiger partial charge in [-0.05, 0) is 25.4 Å². The van der Waals surface area contributed by atoms with Crippen molar-refractivity contribution < 1.29 is 4.79 Å². The summed E-state index contributed by atoms with van der Waals surface area (Å²) in [5.74, 6) is 6.49. The van der Waals surface area contributed by atoms with Crippen molar-refractivity contribution >= 4 is 17.7 Å². The summed E-state index contributed by atoms with van der Waals surface area (Å²) >= 11 is 1.70. The minimum Gasteiger partial charge on any atom is -0.354 e. The Morgan fingerprint density at radius 1 is 1.64 bits per heavy atom. The van der Waals surface area contributed by atoms with E-state index in [4.69, 9.17) is 5.73 Å². The molecule has 0 saturated carbocycles. The van der Waals surface area contributed by atoms with E-state index in [0.29, 0.717) is 13.0 Å². The molecule has 0 heterocycles. The normalized spacial score (nSPS) is 11.4. The summed E-state index contributed by atoms with van der Waals surface area (Å²) in [5.41, 5.74) is 5.66. The van der Waals surface area contributed by atoms with Crippen LogP contribution in [0.4, 0.5) is 0 Å². The highest BCUT2D eigenvalue weighted by Gasteiger charge is 2.11. The molecule has 0 aromatic heterocycles. The largest absolute Gasteiger partial charge is 0.354 e. The average Bonchev–Trinajstić information content (AvgIpc) is 2.20. The number of carbonyl (C=O) groups is 1. The van der Waals surface area contributed by atoms with Crippen LogP contribution in [0.3, 0.4) is 0 Å². The maximum Gasteiger partial charge on any atom is 0.236 e. The lowest BCUT2D eigenvalue weighted by Crippen LogP contribution is -2.41. The first-order valence-corrected chi connectivity index (χ1v) is 6.03. The molecule has 0 aliphatic rings. The second-order valence-corrected chi connectivity index (χ2v) is 3.84. The van der Waals surface area contributed by atoms with E-state index in [1.165, 1.54) is 0 Å². The van der Waals surface area contributed by atoms with Crippen LogP contribution in [-0.4, -0.2) is 30.5 Å². The van der Waals surface area contributed by atoms with Crippen molar-refractivity contribution in [3.8, 4) is 11.8 Å². The fourth-order valence-corrected chi connectivity index (χ4v) is 1.37. The minimum atomic E-state index is -0.378. The van der Waals surface area contributed by atoms with Gasteiger partial charge in [0.15, 0.2) is 0 Å². The number of hydrogen-bond donors (Lipinski definition) is 2. The smallest absolute Gasteiger partial charge is 0.236 e. The summed E-state index contributed by atoms with van der Waals surface area (Å²) < 4.78 is 0. The standard InChI is InChI=1S/C10H18N2OS/c1-3-4-5-7-12-10(13)9(11)6-8-14-2/h9H,5-8,11H2,1-2H3,(H,12,13)/t9-/m1/s1. The molecule has 3 N–H and O–H groups in total. The first-order valence-electron chi connectivity index (χ1n) is 4.64. The molecule has 0 fully saturated rings. The molecule has 0 unspecified atom stereocenters. The highest BCUT2D eigenvalue weighted by molar-refractivity contribution is 7.98. The van der Waals surface area contributed by atoms with Gasteiger partial charge in [0.2, 0.25) is 5.91 Å². The zero-order chi connectivity index (χ0) is 10.8. The summed E-state index contributed by atoms with van der Waals surface area (Å²) in [4.78, 5) is 11.3. The SMILES string of the molecule is CC#CCCNC(=O)[C@H](N)CCSC. The van der Waals surface area contributed by atoms with Gasteiger partial charge in [0.1, 0.15) is 0 Å². The van der Waals surface area contributed by atoms with Crippen LogP contribution in [0, 0.1) is 11.8 Å². The Bertz CT molecular complexity index is 220. The molecular weight excluding hydrogens is 196 g/mol. The molecule has 4 heteroatoms. The van der Waals surface area contributed by atoms with E-state index >= 15 is 0 Å². The molecular formula is C10H18N2OS. The molecule has 1 atom stereocenters. The molecule has 1 amide bonds. The lowest BCUT2D eigenvalue weighted by Gasteiger charge is -2.10.